The number of anilines is 1. The summed E-state index contributed by atoms with van der Waals surface area (Å²) in [7, 11) is -2.49. The molecule has 78 heavy (non-hydrogen) atoms. The van der Waals surface area contributed by atoms with Gasteiger partial charge in [-0.15, -0.1) is 12.3 Å². The summed E-state index contributed by atoms with van der Waals surface area (Å²) >= 11 is 0. The number of aliphatic hydroxyl groups is 3. The molecule has 0 spiro atoms. The van der Waals surface area contributed by atoms with E-state index >= 15 is 4.21 Å². The minimum Gasteiger partial charge on any atom is -0.506 e. The first kappa shape index (κ1) is 59.9. The lowest BCUT2D eigenvalue weighted by atomic mass is 9.93. The van der Waals surface area contributed by atoms with Crippen LogP contribution in [-0.2, 0) is 65.2 Å². The van der Waals surface area contributed by atoms with Crippen LogP contribution < -0.4 is 53.2 Å². The number of nitrogens with two attached hydrogens (primary N) is 1. The number of aromatic hydroxyl groups is 1. The van der Waals surface area contributed by atoms with Crippen LogP contribution in [0.2, 0.25) is 0 Å². The Morgan fingerprint density at radius 2 is 1.58 bits per heavy atom. The Bertz CT molecular complexity index is 2710. The lowest BCUT2D eigenvalue weighted by Gasteiger charge is -2.34. The van der Waals surface area contributed by atoms with Gasteiger partial charge < -0.3 is 83.5 Å². The lowest BCUT2D eigenvalue weighted by molar-refractivity contribution is -0.144. The number of hydrogen-bond donors (Lipinski definition) is 14. The van der Waals surface area contributed by atoms with Crippen LogP contribution in [0.15, 0.2) is 17.2 Å². The number of aromatic amines is 1. The lowest BCUT2D eigenvalue weighted by Crippen LogP contribution is -2.62. The summed E-state index contributed by atoms with van der Waals surface area (Å²) in [6.45, 7) is 2.20. The van der Waals surface area contributed by atoms with Crippen molar-refractivity contribution in [2.24, 2.45) is 17.6 Å². The summed E-state index contributed by atoms with van der Waals surface area (Å²) in [6, 6.07) is -7.69. The van der Waals surface area contributed by atoms with E-state index in [0.29, 0.717) is 32.1 Å². The number of carbonyl (C=O) groups is 10. The number of terminal acetylenes is 1. The van der Waals surface area contributed by atoms with Crippen LogP contribution in [0.25, 0.3) is 10.9 Å². The molecule has 1 unspecified atom stereocenters. The second kappa shape index (κ2) is 26.8. The average molecular weight is 1110 g/mol. The van der Waals surface area contributed by atoms with Gasteiger partial charge in [0.15, 0.2) is 0 Å². The van der Waals surface area contributed by atoms with Gasteiger partial charge in [-0.25, -0.2) is 0 Å². The average Bonchev–Trinajstić information content (AvgIpc) is 4.22. The van der Waals surface area contributed by atoms with E-state index in [9.17, 15) is 68.4 Å². The second-order valence-corrected chi connectivity index (χ2v) is 21.6. The number of phenols is 1. The number of unbranched alkanes of at least 4 members (excludes halogenated alkanes) is 1. The van der Waals surface area contributed by atoms with Crippen molar-refractivity contribution >= 4 is 86.5 Å². The van der Waals surface area contributed by atoms with Gasteiger partial charge in [-0.05, 0) is 42.9 Å². The van der Waals surface area contributed by atoms with E-state index < -0.39 is 176 Å². The summed E-state index contributed by atoms with van der Waals surface area (Å²) in [5, 5.41) is 63.7. The number of rotatable bonds is 12. The number of nitrogens with one attached hydrogen (secondary N) is 9. The SMILES string of the molecule is C#CCCCC(=O)NC1CCN(c2c(O)ccc3c4c([nH]c23)S(=O)C[C@H]2NC(=O)CNC(=O)[C@H]([C@@H](C)CC)NC(=O)CNC(=O)[C@@H](C4)NC(=O)[C@H]([C@H](C)[C@H](O)CO)NC(=O)[C@@H]3C[C@@H](O)CN3C(=O)[C@H](CC(N)=O)NC2=O)CC1. The summed E-state index contributed by atoms with van der Waals surface area (Å²) in [4.78, 5) is 145. The van der Waals surface area contributed by atoms with Crippen LogP contribution in [0.4, 0.5) is 5.69 Å². The number of aromatic nitrogens is 1. The zero-order valence-electron chi connectivity index (χ0n) is 43.6. The van der Waals surface area contributed by atoms with Gasteiger partial charge in [-0.2, -0.15) is 0 Å². The zero-order chi connectivity index (χ0) is 57.1. The van der Waals surface area contributed by atoms with Crippen LogP contribution in [0.1, 0.15) is 77.7 Å². The largest absolute Gasteiger partial charge is 0.506 e. The van der Waals surface area contributed by atoms with Gasteiger partial charge in [0.25, 0.3) is 0 Å². The number of primary amides is 1. The summed E-state index contributed by atoms with van der Waals surface area (Å²) in [5.41, 5.74) is 5.98. The molecule has 2 fully saturated rings. The summed E-state index contributed by atoms with van der Waals surface area (Å²) in [5.74, 6) is -10.1. The smallest absolute Gasteiger partial charge is 0.246 e. The van der Waals surface area contributed by atoms with Crippen molar-refractivity contribution in [2.45, 2.75) is 138 Å². The highest BCUT2D eigenvalue weighted by Gasteiger charge is 2.45. The fourth-order valence-corrected chi connectivity index (χ4v) is 11.4. The van der Waals surface area contributed by atoms with E-state index in [2.05, 4.69) is 53.4 Å². The van der Waals surface area contributed by atoms with E-state index in [0.717, 1.165) is 4.90 Å². The predicted octanol–water partition coefficient (Wildman–Crippen LogP) is -5.03. The molecule has 27 nitrogen and oxygen atoms in total. The van der Waals surface area contributed by atoms with Gasteiger partial charge in [0.2, 0.25) is 59.1 Å². The number of fused-ring (bicyclic) bond motifs is 5. The standard InChI is InChI=1S/C50H70N12O15S/c1-5-7-8-9-37(68)54-26-12-14-61(15-13-26)43-34(65)11-10-28-29-17-30-44(71)52-20-39(70)58-40(24(3)6-2)47(74)53-19-38(69)55-32(23-78(77)49(29)60-42(28)43)45(72)57-31(18-36(51)67)50(76)62-21-27(64)16-33(62)46(73)59-41(48(75)56-30)25(4)35(66)22-63/h1,10-11,24-27,30-33,35,40-41,60,63-66H,6-9,12-23H2,2-4H3,(H2,51,67)(H,52,71)(H,53,74)(H,54,68)(H,55,69)(H,56,75)(H,57,72)(H,58,70)(H,59,73)/t24-,25+,27+,30+,31-,32+,33-,35+,40-,41-,78?/m0/s1. The predicted molar refractivity (Wildman–Crippen MR) is 278 cm³/mol. The Labute approximate surface area is 451 Å². The molecule has 1 aromatic carbocycles. The molecule has 5 heterocycles. The molecule has 2 aromatic rings. The van der Waals surface area contributed by atoms with Crippen molar-refractivity contribution < 1.29 is 72.6 Å². The van der Waals surface area contributed by atoms with Gasteiger partial charge in [0, 0.05) is 62.7 Å². The topological polar surface area (TPSA) is 413 Å². The second-order valence-electron chi connectivity index (χ2n) is 20.2. The monoisotopic (exact) mass is 1110 g/mol. The van der Waals surface area contributed by atoms with Crippen LogP contribution in [-0.4, -0.2) is 193 Å². The number of benzene rings is 1. The number of aliphatic hydroxyl groups excluding tert-OH is 3. The summed E-state index contributed by atoms with van der Waals surface area (Å²) < 4.78 is 15.2. The summed E-state index contributed by atoms with van der Waals surface area (Å²) in [6.07, 6.45) is 2.76. The van der Waals surface area contributed by atoms with Gasteiger partial charge in [-0.3, -0.25) is 52.2 Å². The van der Waals surface area contributed by atoms with Crippen molar-refractivity contribution in [3.8, 4) is 18.1 Å². The minimum absolute atomic E-state index is 0.0433. The Kier molecular flexibility index (Phi) is 20.6. The number of piperidine rings is 1. The number of hydrogen-bond acceptors (Lipinski definition) is 16. The maximum atomic E-state index is 15.2. The molecular weight excluding hydrogens is 1040 g/mol. The molecule has 15 N–H and O–H groups in total. The van der Waals surface area contributed by atoms with Crippen LogP contribution in [0.5, 0.6) is 5.75 Å². The molecule has 4 aliphatic heterocycles. The van der Waals surface area contributed by atoms with Gasteiger partial charge in [0.1, 0.15) is 52.7 Å². The number of phenolic OH excluding ortho intramolecular Hbond substituents is 1. The molecule has 10 amide bonds. The van der Waals surface area contributed by atoms with E-state index in [-0.39, 0.29) is 64.4 Å². The van der Waals surface area contributed by atoms with Gasteiger partial charge >= 0.3 is 0 Å². The molecule has 11 atom stereocenters. The number of amides is 10. The quantitative estimate of drug-likeness (QED) is 0.0699. The Morgan fingerprint density at radius 1 is 0.897 bits per heavy atom. The van der Waals surface area contributed by atoms with E-state index in [1.54, 1.807) is 13.8 Å². The number of carbonyl (C=O) groups excluding carboxylic acids is 10. The Morgan fingerprint density at radius 3 is 2.23 bits per heavy atom. The van der Waals surface area contributed by atoms with E-state index in [1.165, 1.54) is 19.1 Å². The van der Waals surface area contributed by atoms with Crippen LogP contribution >= 0.6 is 0 Å². The highest BCUT2D eigenvalue weighted by atomic mass is 32.2. The first-order valence-corrected chi connectivity index (χ1v) is 27.2. The van der Waals surface area contributed by atoms with Crippen molar-refractivity contribution in [1.82, 2.24) is 52.4 Å². The van der Waals surface area contributed by atoms with Crippen molar-refractivity contribution in [1.29, 1.82) is 0 Å². The third kappa shape index (κ3) is 14.6. The maximum absolute atomic E-state index is 15.2. The maximum Gasteiger partial charge on any atom is 0.246 e. The Hall–Kier alpha value is -7.35. The highest BCUT2D eigenvalue weighted by molar-refractivity contribution is 7.85. The Balaban J connectivity index is 1.55. The fraction of sp³-hybridized carbons (Fsp3) is 0.600. The molecule has 0 aliphatic carbocycles. The molecule has 2 saturated heterocycles. The molecule has 1 aromatic heterocycles. The molecule has 4 aliphatic rings. The van der Waals surface area contributed by atoms with Crippen molar-refractivity contribution in [3.05, 3.63) is 17.7 Å². The molecular formula is C50H70N12O15S. The first-order valence-electron chi connectivity index (χ1n) is 25.9. The molecule has 28 heteroatoms. The van der Waals surface area contributed by atoms with Crippen LogP contribution in [0.3, 0.4) is 0 Å². The molecule has 0 radical (unpaired) electrons. The van der Waals surface area contributed by atoms with E-state index in [1.807, 2.05) is 4.90 Å². The molecule has 2 bridgehead atoms. The van der Waals surface area contributed by atoms with Crippen LogP contribution in [0, 0.1) is 24.2 Å². The molecule has 426 valence electrons. The number of nitrogens with zero attached hydrogens (tertiary/aromatic N) is 2. The fourth-order valence-electron chi connectivity index (χ4n) is 9.97. The van der Waals surface area contributed by atoms with Gasteiger partial charge in [0.05, 0.1) is 60.4 Å². The molecule has 0 saturated carbocycles. The van der Waals surface area contributed by atoms with Crippen molar-refractivity contribution in [3.63, 3.8) is 0 Å². The highest BCUT2D eigenvalue weighted by Crippen LogP contribution is 2.40. The first-order chi connectivity index (χ1) is 37.0. The zero-order valence-corrected chi connectivity index (χ0v) is 44.4. The normalized spacial score (nSPS) is 26.8. The van der Waals surface area contributed by atoms with Gasteiger partial charge in [-0.1, -0.05) is 27.2 Å². The van der Waals surface area contributed by atoms with E-state index in [4.69, 9.17) is 12.2 Å². The third-order valence-electron chi connectivity index (χ3n) is 14.6. The van der Waals surface area contributed by atoms with Crippen molar-refractivity contribution in [2.75, 3.05) is 50.0 Å². The third-order valence-corrected chi connectivity index (χ3v) is 16.0. The molecule has 6 rings (SSSR count). The minimum atomic E-state index is -2.49. The number of H-pyrrole nitrogens is 1.